The van der Waals surface area contributed by atoms with Crippen molar-refractivity contribution in [2.45, 2.75) is 97.3 Å². The van der Waals surface area contributed by atoms with E-state index in [1.807, 2.05) is 0 Å². The molecule has 2 N–H and O–H groups in total. The van der Waals surface area contributed by atoms with Crippen molar-refractivity contribution in [3.63, 3.8) is 0 Å². The third-order valence-corrected chi connectivity index (χ3v) is 4.02. The molecule has 0 saturated carbocycles. The predicted molar refractivity (Wildman–Crippen MR) is 83.9 cm³/mol. The number of nitrogens with two attached hydrogens (primary N) is 1. The fourth-order valence-electron chi connectivity index (χ4n) is 2.63. The standard InChI is InChI=1S/C17H37N/c1-3-5-7-8-9-10-11-13-15-17(16-18)14-12-6-4-2/h17H,3-16,18H2,1-2H3/t17-/m1/s1. The summed E-state index contributed by atoms with van der Waals surface area (Å²) >= 11 is 0. The molecule has 0 amide bonds. The normalized spacial score (nSPS) is 12.8. The Morgan fingerprint density at radius 1 is 0.611 bits per heavy atom. The quantitative estimate of drug-likeness (QED) is 0.397. The van der Waals surface area contributed by atoms with Crippen molar-refractivity contribution in [1.29, 1.82) is 0 Å². The van der Waals surface area contributed by atoms with Gasteiger partial charge in [0.25, 0.3) is 0 Å². The molecule has 1 heteroatoms. The second-order valence-electron chi connectivity index (χ2n) is 5.86. The van der Waals surface area contributed by atoms with E-state index in [2.05, 4.69) is 13.8 Å². The molecule has 1 nitrogen and oxygen atoms in total. The first-order valence-corrected chi connectivity index (χ1v) is 8.55. The van der Waals surface area contributed by atoms with Crippen molar-refractivity contribution in [1.82, 2.24) is 0 Å². The van der Waals surface area contributed by atoms with E-state index in [4.69, 9.17) is 5.73 Å². The number of unbranched alkanes of at least 4 members (excludes halogenated alkanes) is 9. The Balaban J connectivity index is 3.23. The highest BCUT2D eigenvalue weighted by molar-refractivity contribution is 4.61. The molecule has 0 aromatic carbocycles. The zero-order valence-electron chi connectivity index (χ0n) is 13.1. The molecule has 0 spiro atoms. The van der Waals surface area contributed by atoms with Crippen LogP contribution in [-0.2, 0) is 0 Å². The van der Waals surface area contributed by atoms with E-state index in [1.165, 1.54) is 83.5 Å². The fourth-order valence-corrected chi connectivity index (χ4v) is 2.63. The molecule has 0 radical (unpaired) electrons. The largest absolute Gasteiger partial charge is 0.330 e. The van der Waals surface area contributed by atoms with Gasteiger partial charge in [0, 0.05) is 0 Å². The molecule has 18 heavy (non-hydrogen) atoms. The summed E-state index contributed by atoms with van der Waals surface area (Å²) in [6, 6.07) is 0. The maximum Gasteiger partial charge on any atom is -0.00489 e. The van der Waals surface area contributed by atoms with Crippen molar-refractivity contribution in [2.75, 3.05) is 6.54 Å². The minimum Gasteiger partial charge on any atom is -0.330 e. The maximum atomic E-state index is 5.85. The van der Waals surface area contributed by atoms with Crippen molar-refractivity contribution >= 4 is 0 Å². The van der Waals surface area contributed by atoms with Crippen molar-refractivity contribution in [2.24, 2.45) is 11.7 Å². The molecule has 0 aromatic heterocycles. The Bertz CT molecular complexity index is 145. The van der Waals surface area contributed by atoms with Gasteiger partial charge in [-0.15, -0.1) is 0 Å². The highest BCUT2D eigenvalue weighted by Crippen LogP contribution is 2.17. The summed E-state index contributed by atoms with van der Waals surface area (Å²) in [4.78, 5) is 0. The Morgan fingerprint density at radius 3 is 1.50 bits per heavy atom. The Kier molecular flexibility index (Phi) is 15.0. The second kappa shape index (κ2) is 15.0. The van der Waals surface area contributed by atoms with Crippen LogP contribution in [0.5, 0.6) is 0 Å². The summed E-state index contributed by atoms with van der Waals surface area (Å²) in [5.41, 5.74) is 5.85. The lowest BCUT2D eigenvalue weighted by Gasteiger charge is -2.14. The van der Waals surface area contributed by atoms with Gasteiger partial charge >= 0.3 is 0 Å². The van der Waals surface area contributed by atoms with Crippen LogP contribution in [0.25, 0.3) is 0 Å². The molecule has 0 rings (SSSR count). The summed E-state index contributed by atoms with van der Waals surface area (Å²) in [7, 11) is 0. The zero-order valence-corrected chi connectivity index (χ0v) is 13.1. The van der Waals surface area contributed by atoms with Crippen LogP contribution in [0.2, 0.25) is 0 Å². The van der Waals surface area contributed by atoms with Gasteiger partial charge in [-0.2, -0.15) is 0 Å². The Hall–Kier alpha value is -0.0400. The predicted octanol–water partition coefficient (Wildman–Crippen LogP) is 5.67. The molecular weight excluding hydrogens is 218 g/mol. The Morgan fingerprint density at radius 2 is 1.00 bits per heavy atom. The summed E-state index contributed by atoms with van der Waals surface area (Å²) in [5.74, 6) is 0.802. The average molecular weight is 255 g/mol. The highest BCUT2D eigenvalue weighted by atomic mass is 14.5. The maximum absolute atomic E-state index is 5.85. The lowest BCUT2D eigenvalue weighted by molar-refractivity contribution is 0.414. The van der Waals surface area contributed by atoms with E-state index < -0.39 is 0 Å². The van der Waals surface area contributed by atoms with E-state index in [-0.39, 0.29) is 0 Å². The first kappa shape index (κ1) is 18.0. The van der Waals surface area contributed by atoms with E-state index >= 15 is 0 Å². The average Bonchev–Trinajstić information content (AvgIpc) is 2.40. The van der Waals surface area contributed by atoms with Gasteiger partial charge in [0.2, 0.25) is 0 Å². The molecule has 0 saturated heterocycles. The molecule has 0 bridgehead atoms. The van der Waals surface area contributed by atoms with Crippen molar-refractivity contribution in [3.05, 3.63) is 0 Å². The summed E-state index contributed by atoms with van der Waals surface area (Å²) in [6.07, 6.45) is 18.2. The van der Waals surface area contributed by atoms with Crippen LogP contribution < -0.4 is 5.73 Å². The molecule has 0 aliphatic carbocycles. The number of hydrogen-bond donors (Lipinski definition) is 1. The fraction of sp³-hybridized carbons (Fsp3) is 1.00. The van der Waals surface area contributed by atoms with Gasteiger partial charge in [-0.25, -0.2) is 0 Å². The topological polar surface area (TPSA) is 26.0 Å². The smallest absolute Gasteiger partial charge is 0.00489 e. The van der Waals surface area contributed by atoms with Gasteiger partial charge < -0.3 is 5.73 Å². The van der Waals surface area contributed by atoms with Crippen LogP contribution in [0.1, 0.15) is 97.3 Å². The minimum absolute atomic E-state index is 0.802. The van der Waals surface area contributed by atoms with Crippen LogP contribution in [0.4, 0.5) is 0 Å². The molecule has 0 unspecified atom stereocenters. The van der Waals surface area contributed by atoms with Gasteiger partial charge in [0.15, 0.2) is 0 Å². The van der Waals surface area contributed by atoms with Crippen LogP contribution in [0.15, 0.2) is 0 Å². The SMILES string of the molecule is CCCCCCCCCC[C@H](CN)CCCCC. The second-order valence-corrected chi connectivity index (χ2v) is 5.86. The molecule has 0 aromatic rings. The van der Waals surface area contributed by atoms with Crippen LogP contribution in [-0.4, -0.2) is 6.54 Å². The van der Waals surface area contributed by atoms with Crippen molar-refractivity contribution < 1.29 is 0 Å². The zero-order chi connectivity index (χ0) is 13.5. The van der Waals surface area contributed by atoms with Crippen LogP contribution >= 0.6 is 0 Å². The molecule has 0 fully saturated rings. The molecule has 0 aliphatic heterocycles. The van der Waals surface area contributed by atoms with E-state index in [0.717, 1.165) is 12.5 Å². The molecule has 110 valence electrons. The number of rotatable bonds is 14. The Labute approximate surface area is 116 Å². The first-order valence-electron chi connectivity index (χ1n) is 8.55. The lowest BCUT2D eigenvalue weighted by atomic mass is 9.94. The van der Waals surface area contributed by atoms with E-state index in [0.29, 0.717) is 0 Å². The van der Waals surface area contributed by atoms with Gasteiger partial charge in [-0.3, -0.25) is 0 Å². The van der Waals surface area contributed by atoms with Gasteiger partial charge in [0.05, 0.1) is 0 Å². The minimum atomic E-state index is 0.802. The van der Waals surface area contributed by atoms with E-state index in [1.54, 1.807) is 0 Å². The molecule has 1 atom stereocenters. The van der Waals surface area contributed by atoms with Crippen LogP contribution in [0.3, 0.4) is 0 Å². The van der Waals surface area contributed by atoms with Crippen molar-refractivity contribution in [3.8, 4) is 0 Å². The van der Waals surface area contributed by atoms with Crippen LogP contribution in [0, 0.1) is 5.92 Å². The summed E-state index contributed by atoms with van der Waals surface area (Å²) in [5, 5.41) is 0. The van der Waals surface area contributed by atoms with E-state index in [9.17, 15) is 0 Å². The molecular formula is C17H37N. The van der Waals surface area contributed by atoms with Gasteiger partial charge in [-0.1, -0.05) is 84.5 Å². The molecule has 0 aliphatic rings. The summed E-state index contributed by atoms with van der Waals surface area (Å²) in [6.45, 7) is 5.46. The third-order valence-electron chi connectivity index (χ3n) is 4.02. The third kappa shape index (κ3) is 12.4. The molecule has 0 heterocycles. The first-order chi connectivity index (χ1) is 8.85. The highest BCUT2D eigenvalue weighted by Gasteiger charge is 2.05. The van der Waals surface area contributed by atoms with Gasteiger partial charge in [0.1, 0.15) is 0 Å². The van der Waals surface area contributed by atoms with Gasteiger partial charge in [-0.05, 0) is 25.3 Å². The number of hydrogen-bond acceptors (Lipinski definition) is 1. The summed E-state index contributed by atoms with van der Waals surface area (Å²) < 4.78 is 0. The lowest BCUT2D eigenvalue weighted by Crippen LogP contribution is -2.14. The monoisotopic (exact) mass is 255 g/mol.